The van der Waals surface area contributed by atoms with Crippen LogP contribution in [0.15, 0.2) is 0 Å². The number of phosphoric acid groups is 1. The van der Waals surface area contributed by atoms with E-state index in [1.807, 2.05) is 13.8 Å². The molecule has 4 atom stereocenters. The summed E-state index contributed by atoms with van der Waals surface area (Å²) in [6, 6.07) is -0.523. The van der Waals surface area contributed by atoms with Gasteiger partial charge in [0.15, 0.2) is 0 Å². The van der Waals surface area contributed by atoms with Crippen LogP contribution in [0, 0.1) is 0 Å². The van der Waals surface area contributed by atoms with Gasteiger partial charge in [-0.15, -0.1) is 0 Å². The van der Waals surface area contributed by atoms with Gasteiger partial charge in [0.05, 0.1) is 24.9 Å². The third-order valence-corrected chi connectivity index (χ3v) is 3.66. The summed E-state index contributed by atoms with van der Waals surface area (Å²) in [5.41, 5.74) is 0. The molecule has 1 fully saturated rings. The highest BCUT2D eigenvalue weighted by Crippen LogP contribution is 2.48. The van der Waals surface area contributed by atoms with Crippen molar-refractivity contribution in [2.24, 2.45) is 0 Å². The molecule has 1 heterocycles. The first-order valence-corrected chi connectivity index (χ1v) is 7.91. The van der Waals surface area contributed by atoms with Crippen molar-refractivity contribution in [3.63, 3.8) is 0 Å². The summed E-state index contributed by atoms with van der Waals surface area (Å²) in [5.74, 6) is 0. The molecule has 0 aliphatic carbocycles. The summed E-state index contributed by atoms with van der Waals surface area (Å²) < 4.78 is 32.6. The lowest BCUT2D eigenvalue weighted by Crippen LogP contribution is -2.30. The van der Waals surface area contributed by atoms with Gasteiger partial charge >= 0.3 is 7.82 Å². The van der Waals surface area contributed by atoms with Gasteiger partial charge in [-0.2, -0.15) is 0 Å². The van der Waals surface area contributed by atoms with Crippen LogP contribution in [0.2, 0.25) is 0 Å². The largest absolute Gasteiger partial charge is 0.472 e. The van der Waals surface area contributed by atoms with Gasteiger partial charge in [0.1, 0.15) is 14.0 Å². The van der Waals surface area contributed by atoms with E-state index >= 15 is 0 Å². The topological polar surface area (TPSA) is 74.2 Å². The second-order valence-electron chi connectivity index (χ2n) is 5.10. The van der Waals surface area contributed by atoms with Crippen LogP contribution >= 0.6 is 7.82 Å². The van der Waals surface area contributed by atoms with Crippen molar-refractivity contribution < 1.29 is 28.0 Å². The van der Waals surface area contributed by atoms with E-state index in [1.54, 1.807) is 13.8 Å². The number of ether oxygens (including phenoxy) is 2. The molecule has 0 bridgehead atoms. The molecular weight excluding hydrogens is 270 g/mol. The van der Waals surface area contributed by atoms with E-state index in [0.29, 0.717) is 6.42 Å². The summed E-state index contributed by atoms with van der Waals surface area (Å²) in [7, 11) is 1.57. The molecule has 19 heavy (non-hydrogen) atoms. The van der Waals surface area contributed by atoms with E-state index in [0.717, 1.165) is 0 Å². The summed E-state index contributed by atoms with van der Waals surface area (Å²) in [6.45, 7) is 7.36. The lowest BCUT2D eigenvalue weighted by Gasteiger charge is -2.23. The maximum Gasteiger partial charge on any atom is 0.472 e. The minimum absolute atomic E-state index is 0.0360. The van der Waals surface area contributed by atoms with Crippen molar-refractivity contribution in [3.05, 3.63) is 0 Å². The quantitative estimate of drug-likeness (QED) is 0.567. The first kappa shape index (κ1) is 17.1. The van der Waals surface area contributed by atoms with Gasteiger partial charge < -0.3 is 14.4 Å². The maximum absolute atomic E-state index is 11.7. The number of hydrogen-bond donors (Lipinski definition) is 1. The lowest BCUT2D eigenvalue weighted by atomic mass is 9.96. The Kier molecular flexibility index (Phi) is 6.50. The molecule has 0 aromatic carbocycles. The Balaban J connectivity index is 2.56. The van der Waals surface area contributed by atoms with E-state index < -0.39 is 32.1 Å². The van der Waals surface area contributed by atoms with Crippen LogP contribution < -0.4 is 0 Å². The van der Waals surface area contributed by atoms with Crippen LogP contribution in [0.4, 0.5) is 0 Å². The van der Waals surface area contributed by atoms with Gasteiger partial charge in [-0.05, 0) is 34.1 Å². The molecule has 0 spiro atoms. The molecule has 0 aromatic rings. The molecule has 2 radical (unpaired) electrons. The highest BCUT2D eigenvalue weighted by Gasteiger charge is 2.39. The number of hydrogen-bond acceptors (Lipinski definition) is 5. The Bertz CT molecular complexity index is 324. The maximum atomic E-state index is 11.7. The second-order valence-corrected chi connectivity index (χ2v) is 6.46. The minimum atomic E-state index is -4.10. The lowest BCUT2D eigenvalue weighted by molar-refractivity contribution is -0.0482. The molecule has 2 unspecified atom stereocenters. The van der Waals surface area contributed by atoms with Gasteiger partial charge in [-0.1, -0.05) is 0 Å². The van der Waals surface area contributed by atoms with Crippen molar-refractivity contribution >= 4 is 15.7 Å². The van der Waals surface area contributed by atoms with Crippen LogP contribution in [0.25, 0.3) is 0 Å². The van der Waals surface area contributed by atoms with Crippen LogP contribution in [-0.4, -0.2) is 49.8 Å². The highest BCUT2D eigenvalue weighted by atomic mass is 31.2. The van der Waals surface area contributed by atoms with Crippen LogP contribution in [-0.2, 0) is 23.1 Å². The average Bonchev–Trinajstić information content (AvgIpc) is 2.52. The first-order valence-electron chi connectivity index (χ1n) is 6.42. The van der Waals surface area contributed by atoms with E-state index in [4.69, 9.17) is 26.4 Å². The molecule has 6 nitrogen and oxygen atoms in total. The Hall–Kier alpha value is 0.0949. The Labute approximate surface area is 115 Å². The third-order valence-electron chi connectivity index (χ3n) is 2.44. The average molecular weight is 292 g/mol. The smallest absolute Gasteiger partial charge is 0.380 e. The molecule has 1 aliphatic rings. The first-order chi connectivity index (χ1) is 8.69. The molecule has 0 aromatic heterocycles. The molecule has 110 valence electrons. The van der Waals surface area contributed by atoms with Crippen LogP contribution in [0.5, 0.6) is 0 Å². The zero-order chi connectivity index (χ0) is 14.6. The standard InChI is InChI=1S/C11H22BO6P/c1-7(2)15-6-10-9(5-11(12)16-10)18-19(13,14)17-8(3)4/h7-11H,5-6H2,1-4H3,(H,13,14)/t9?,10-,11-/m1/s1. The van der Waals surface area contributed by atoms with Gasteiger partial charge in [0.2, 0.25) is 0 Å². The highest BCUT2D eigenvalue weighted by molar-refractivity contribution is 7.47. The molecule has 8 heteroatoms. The summed E-state index contributed by atoms with van der Waals surface area (Å²) in [4.78, 5) is 9.60. The minimum Gasteiger partial charge on any atom is -0.380 e. The van der Waals surface area contributed by atoms with Gasteiger partial charge in [-0.3, -0.25) is 9.05 Å². The van der Waals surface area contributed by atoms with E-state index in [-0.39, 0.29) is 12.7 Å². The number of rotatable bonds is 7. The van der Waals surface area contributed by atoms with Crippen molar-refractivity contribution in [2.45, 2.75) is 64.5 Å². The molecule has 1 rings (SSSR count). The van der Waals surface area contributed by atoms with Gasteiger partial charge in [0.25, 0.3) is 0 Å². The van der Waals surface area contributed by atoms with E-state index in [9.17, 15) is 9.46 Å². The predicted octanol–water partition coefficient (Wildman–Crippen LogP) is 1.61. The van der Waals surface area contributed by atoms with Gasteiger partial charge in [-0.25, -0.2) is 4.57 Å². The van der Waals surface area contributed by atoms with E-state index in [2.05, 4.69) is 0 Å². The molecule has 1 aliphatic heterocycles. The summed E-state index contributed by atoms with van der Waals surface area (Å²) in [6.07, 6.45) is -1.11. The molecule has 1 N–H and O–H groups in total. The van der Waals surface area contributed by atoms with Crippen LogP contribution in [0.3, 0.4) is 0 Å². The van der Waals surface area contributed by atoms with Crippen molar-refractivity contribution in [1.82, 2.24) is 0 Å². The Morgan fingerprint density at radius 1 is 1.37 bits per heavy atom. The second kappa shape index (κ2) is 7.20. The Morgan fingerprint density at radius 3 is 2.53 bits per heavy atom. The fourth-order valence-corrected chi connectivity index (χ4v) is 2.90. The molecule has 0 amide bonds. The molecule has 1 saturated heterocycles. The van der Waals surface area contributed by atoms with Crippen molar-refractivity contribution in [1.29, 1.82) is 0 Å². The van der Waals surface area contributed by atoms with Crippen molar-refractivity contribution in [3.8, 4) is 0 Å². The number of phosphoric ester groups is 1. The monoisotopic (exact) mass is 292 g/mol. The summed E-state index contributed by atoms with van der Waals surface area (Å²) >= 11 is 0. The summed E-state index contributed by atoms with van der Waals surface area (Å²) in [5, 5.41) is 0. The molecule has 0 saturated carbocycles. The fraction of sp³-hybridized carbons (Fsp3) is 1.00. The Morgan fingerprint density at radius 2 is 2.00 bits per heavy atom. The third kappa shape index (κ3) is 6.38. The van der Waals surface area contributed by atoms with Crippen molar-refractivity contribution in [2.75, 3.05) is 6.61 Å². The van der Waals surface area contributed by atoms with Crippen LogP contribution in [0.1, 0.15) is 34.1 Å². The fourth-order valence-electron chi connectivity index (χ4n) is 1.76. The van der Waals surface area contributed by atoms with E-state index in [1.165, 1.54) is 0 Å². The SMILES string of the molecule is [B][C@H]1CC(OP(=O)(O)OC(C)C)[C@@H](COC(C)C)O1. The normalized spacial score (nSPS) is 31.0. The zero-order valence-corrected chi connectivity index (χ0v) is 12.7. The van der Waals surface area contributed by atoms with Gasteiger partial charge in [0, 0.05) is 6.00 Å². The predicted molar refractivity (Wildman–Crippen MR) is 71.0 cm³/mol. The zero-order valence-electron chi connectivity index (χ0n) is 11.8. The molecular formula is C11H22BO6P.